The lowest BCUT2D eigenvalue weighted by Gasteiger charge is -2.03. The predicted molar refractivity (Wildman–Crippen MR) is 38.2 cm³/mol. The highest BCUT2D eigenvalue weighted by atomic mass is 16.1. The number of ketones is 1. The Bertz CT molecular complexity index is 265. The maximum atomic E-state index is 10.9. The Morgan fingerprint density at radius 1 is 1.55 bits per heavy atom. The van der Waals surface area contributed by atoms with Crippen LogP contribution in [0.15, 0.2) is 0 Å². The van der Waals surface area contributed by atoms with Gasteiger partial charge in [0.25, 0.3) is 0 Å². The van der Waals surface area contributed by atoms with Gasteiger partial charge < -0.3 is 0 Å². The summed E-state index contributed by atoms with van der Waals surface area (Å²) in [5.41, 5.74) is 0. The van der Waals surface area contributed by atoms with E-state index >= 15 is 0 Å². The molecule has 1 rings (SSSR count). The summed E-state index contributed by atoms with van der Waals surface area (Å²) in [5.74, 6) is 0.212. The number of aromatic nitrogens is 4. The number of carbonyl (C=O) groups is 1. The largest absolute Gasteiger partial charge is 0.291 e. The van der Waals surface area contributed by atoms with Gasteiger partial charge in [-0.15, -0.1) is 5.10 Å². The van der Waals surface area contributed by atoms with Crippen molar-refractivity contribution in [3.05, 3.63) is 5.82 Å². The van der Waals surface area contributed by atoms with Crippen LogP contribution in [0.2, 0.25) is 0 Å². The molecule has 0 amide bonds. The van der Waals surface area contributed by atoms with Gasteiger partial charge in [0.05, 0.1) is 6.04 Å². The maximum Gasteiger partial charge on any atom is 0.218 e. The molecule has 5 nitrogen and oxygen atoms in total. The average molecular weight is 154 g/mol. The Kier molecular flexibility index (Phi) is 1.98. The molecule has 1 aromatic rings. The molecular formula is C6H10N4O. The van der Waals surface area contributed by atoms with Crippen LogP contribution in [0.25, 0.3) is 0 Å². The van der Waals surface area contributed by atoms with Crippen LogP contribution in [0.4, 0.5) is 0 Å². The fraction of sp³-hybridized carbons (Fsp3) is 0.667. The van der Waals surface area contributed by atoms with Gasteiger partial charge in [-0.2, -0.15) is 0 Å². The molecule has 5 heteroatoms. The Labute approximate surface area is 64.4 Å². The van der Waals surface area contributed by atoms with E-state index in [0.717, 1.165) is 0 Å². The molecule has 0 bridgehead atoms. The molecular weight excluding hydrogens is 144 g/mol. The van der Waals surface area contributed by atoms with Gasteiger partial charge >= 0.3 is 0 Å². The third kappa shape index (κ3) is 1.42. The van der Waals surface area contributed by atoms with Crippen LogP contribution in [0.1, 0.15) is 37.4 Å². The molecule has 0 N–H and O–H groups in total. The zero-order chi connectivity index (χ0) is 8.43. The molecule has 0 spiro atoms. The lowest BCUT2D eigenvalue weighted by atomic mass is 10.3. The summed E-state index contributed by atoms with van der Waals surface area (Å²) in [7, 11) is 0. The molecule has 0 aliphatic rings. The standard InChI is InChI=1S/C6H10N4O/c1-4(2)10-6(5(3)11)7-8-9-10/h4H,1-3H3. The molecule has 0 saturated carbocycles. The highest BCUT2D eigenvalue weighted by Gasteiger charge is 2.12. The van der Waals surface area contributed by atoms with E-state index < -0.39 is 0 Å². The monoisotopic (exact) mass is 154 g/mol. The minimum absolute atomic E-state index is 0.108. The van der Waals surface area contributed by atoms with E-state index in [1.54, 1.807) is 0 Å². The zero-order valence-corrected chi connectivity index (χ0v) is 6.77. The highest BCUT2D eigenvalue weighted by Crippen LogP contribution is 2.03. The quantitative estimate of drug-likeness (QED) is 0.580. The van der Waals surface area contributed by atoms with Crippen molar-refractivity contribution in [2.45, 2.75) is 26.8 Å². The van der Waals surface area contributed by atoms with Crippen LogP contribution < -0.4 is 0 Å². The van der Waals surface area contributed by atoms with E-state index in [9.17, 15) is 4.79 Å². The summed E-state index contributed by atoms with van der Waals surface area (Å²) in [6.45, 7) is 5.29. The smallest absolute Gasteiger partial charge is 0.218 e. The van der Waals surface area contributed by atoms with Crippen molar-refractivity contribution >= 4 is 5.78 Å². The Morgan fingerprint density at radius 2 is 2.18 bits per heavy atom. The average Bonchev–Trinajstić information content (AvgIpc) is 2.32. The maximum absolute atomic E-state index is 10.9. The van der Waals surface area contributed by atoms with Crippen molar-refractivity contribution in [1.29, 1.82) is 0 Å². The summed E-state index contributed by atoms with van der Waals surface area (Å²) in [6.07, 6.45) is 0. The molecule has 0 atom stereocenters. The Balaban J connectivity index is 3.06. The molecule has 0 saturated heterocycles. The lowest BCUT2D eigenvalue weighted by Crippen LogP contribution is -2.11. The Morgan fingerprint density at radius 3 is 2.55 bits per heavy atom. The molecule has 1 heterocycles. The first kappa shape index (κ1) is 7.84. The van der Waals surface area contributed by atoms with Gasteiger partial charge in [0.1, 0.15) is 0 Å². The van der Waals surface area contributed by atoms with Gasteiger partial charge in [-0.3, -0.25) is 4.79 Å². The van der Waals surface area contributed by atoms with Crippen molar-refractivity contribution in [3.63, 3.8) is 0 Å². The van der Waals surface area contributed by atoms with Crippen LogP contribution in [0, 0.1) is 0 Å². The van der Waals surface area contributed by atoms with Crippen LogP contribution >= 0.6 is 0 Å². The Hall–Kier alpha value is -1.26. The van der Waals surface area contributed by atoms with E-state index in [1.807, 2.05) is 13.8 Å². The van der Waals surface area contributed by atoms with Crippen molar-refractivity contribution in [3.8, 4) is 0 Å². The number of hydrogen-bond acceptors (Lipinski definition) is 4. The van der Waals surface area contributed by atoms with Gasteiger partial charge in [0, 0.05) is 6.92 Å². The fourth-order valence-electron chi connectivity index (χ4n) is 0.773. The van der Waals surface area contributed by atoms with E-state index in [1.165, 1.54) is 11.6 Å². The lowest BCUT2D eigenvalue weighted by molar-refractivity contribution is 0.0996. The molecule has 0 fully saturated rings. The molecule has 0 aliphatic heterocycles. The van der Waals surface area contributed by atoms with Crippen LogP contribution in [-0.4, -0.2) is 26.0 Å². The summed E-state index contributed by atoms with van der Waals surface area (Å²) in [5, 5.41) is 10.7. The third-order valence-electron chi connectivity index (χ3n) is 1.30. The second-order valence-electron chi connectivity index (χ2n) is 2.60. The van der Waals surface area contributed by atoms with Crippen LogP contribution in [-0.2, 0) is 0 Å². The predicted octanol–water partition coefficient (Wildman–Crippen LogP) is 0.457. The van der Waals surface area contributed by atoms with Gasteiger partial charge in [-0.25, -0.2) is 4.68 Å². The molecule has 11 heavy (non-hydrogen) atoms. The number of rotatable bonds is 2. The van der Waals surface area contributed by atoms with E-state index in [4.69, 9.17) is 0 Å². The molecule has 60 valence electrons. The van der Waals surface area contributed by atoms with E-state index in [0.29, 0.717) is 5.82 Å². The first-order chi connectivity index (χ1) is 5.13. The van der Waals surface area contributed by atoms with E-state index in [-0.39, 0.29) is 11.8 Å². The molecule has 0 radical (unpaired) electrons. The van der Waals surface area contributed by atoms with Crippen LogP contribution in [0.3, 0.4) is 0 Å². The second-order valence-corrected chi connectivity index (χ2v) is 2.60. The van der Waals surface area contributed by atoms with Crippen molar-refractivity contribution in [1.82, 2.24) is 20.2 Å². The first-order valence-electron chi connectivity index (χ1n) is 3.41. The fourth-order valence-corrected chi connectivity index (χ4v) is 0.773. The number of Topliss-reactive ketones (excluding diaryl/α,β-unsaturated/α-hetero) is 1. The third-order valence-corrected chi connectivity index (χ3v) is 1.30. The summed E-state index contributed by atoms with van der Waals surface area (Å²) < 4.78 is 1.50. The number of carbonyl (C=O) groups excluding carboxylic acids is 1. The first-order valence-corrected chi connectivity index (χ1v) is 3.41. The molecule has 0 aromatic carbocycles. The number of nitrogens with zero attached hydrogens (tertiary/aromatic N) is 4. The van der Waals surface area contributed by atoms with Gasteiger partial charge in [0.2, 0.25) is 5.82 Å². The number of tetrazole rings is 1. The van der Waals surface area contributed by atoms with Gasteiger partial charge in [-0.05, 0) is 24.3 Å². The van der Waals surface area contributed by atoms with Gasteiger partial charge in [-0.1, -0.05) is 0 Å². The van der Waals surface area contributed by atoms with Gasteiger partial charge in [0.15, 0.2) is 5.78 Å². The highest BCUT2D eigenvalue weighted by molar-refractivity contribution is 5.90. The topological polar surface area (TPSA) is 60.7 Å². The van der Waals surface area contributed by atoms with Crippen molar-refractivity contribution < 1.29 is 4.79 Å². The summed E-state index contributed by atoms with van der Waals surface area (Å²) in [4.78, 5) is 10.9. The van der Waals surface area contributed by atoms with E-state index in [2.05, 4.69) is 15.5 Å². The summed E-state index contributed by atoms with van der Waals surface area (Å²) in [6, 6.07) is 0.129. The van der Waals surface area contributed by atoms with Crippen LogP contribution in [0.5, 0.6) is 0 Å². The normalized spacial score (nSPS) is 10.5. The van der Waals surface area contributed by atoms with Crippen molar-refractivity contribution in [2.75, 3.05) is 0 Å². The SMILES string of the molecule is CC(=O)c1nnnn1C(C)C. The van der Waals surface area contributed by atoms with Crippen molar-refractivity contribution in [2.24, 2.45) is 0 Å². The second kappa shape index (κ2) is 2.77. The molecule has 1 aromatic heterocycles. The molecule has 0 aliphatic carbocycles. The zero-order valence-electron chi connectivity index (χ0n) is 6.77. The summed E-state index contributed by atoms with van der Waals surface area (Å²) >= 11 is 0. The minimum atomic E-state index is -0.108. The number of hydrogen-bond donors (Lipinski definition) is 0. The minimum Gasteiger partial charge on any atom is -0.291 e. The molecule has 0 unspecified atom stereocenters.